The van der Waals surface area contributed by atoms with Gasteiger partial charge in [-0.2, -0.15) is 0 Å². The number of carboxylic acid groups (broad SMARTS) is 1. The van der Waals surface area contributed by atoms with Gasteiger partial charge in [0.05, 0.1) is 11.8 Å². The number of hydrogen-bond donors (Lipinski definition) is 3. The summed E-state index contributed by atoms with van der Waals surface area (Å²) < 4.78 is 5.59. The number of rotatable bonds is 10. The lowest BCUT2D eigenvalue weighted by Gasteiger charge is -2.18. The topological polar surface area (TPSA) is 105 Å². The molecule has 0 saturated heterocycles. The molecule has 1 unspecified atom stereocenters. The Bertz CT molecular complexity index is 1050. The first-order chi connectivity index (χ1) is 16.5. The molecule has 7 heteroatoms. The van der Waals surface area contributed by atoms with Gasteiger partial charge < -0.3 is 20.5 Å². The van der Waals surface area contributed by atoms with Gasteiger partial charge >= 0.3 is 12.1 Å². The predicted octanol–water partition coefficient (Wildman–Crippen LogP) is 3.78. The molecule has 2 aromatic rings. The largest absolute Gasteiger partial charge is 0.481 e. The Morgan fingerprint density at radius 1 is 0.971 bits per heavy atom. The summed E-state index contributed by atoms with van der Waals surface area (Å²) in [5.74, 6) is -1.08. The van der Waals surface area contributed by atoms with Gasteiger partial charge in [-0.3, -0.25) is 9.59 Å². The maximum Gasteiger partial charge on any atom is 0.407 e. The zero-order valence-electron chi connectivity index (χ0n) is 19.0. The average molecular weight is 463 g/mol. The number of nitrogens with one attached hydrogen (secondary N) is 2. The summed E-state index contributed by atoms with van der Waals surface area (Å²) in [6, 6.07) is 16.4. The van der Waals surface area contributed by atoms with Crippen LogP contribution in [0.5, 0.6) is 0 Å². The van der Waals surface area contributed by atoms with E-state index in [1.54, 1.807) is 0 Å². The fraction of sp³-hybridized carbons (Fsp3) is 0.444. The Balaban J connectivity index is 1.13. The van der Waals surface area contributed by atoms with Crippen molar-refractivity contribution in [3.8, 4) is 11.1 Å². The average Bonchev–Trinajstić information content (AvgIpc) is 3.77. The molecule has 2 amide bonds. The number of amides is 2. The van der Waals surface area contributed by atoms with Crippen LogP contribution in [0.4, 0.5) is 4.79 Å². The van der Waals surface area contributed by atoms with Crippen LogP contribution >= 0.6 is 0 Å². The van der Waals surface area contributed by atoms with Crippen LogP contribution in [0.25, 0.3) is 11.1 Å². The van der Waals surface area contributed by atoms with Gasteiger partial charge in [-0.1, -0.05) is 61.4 Å². The maximum absolute atomic E-state index is 12.7. The monoisotopic (exact) mass is 462 g/mol. The Labute approximate surface area is 198 Å². The number of alkyl carbamates (subject to hydrolysis) is 1. The van der Waals surface area contributed by atoms with E-state index in [9.17, 15) is 14.4 Å². The van der Waals surface area contributed by atoms with Crippen molar-refractivity contribution >= 4 is 18.0 Å². The van der Waals surface area contributed by atoms with Crippen molar-refractivity contribution in [3.63, 3.8) is 0 Å². The van der Waals surface area contributed by atoms with Crippen LogP contribution in [0.1, 0.15) is 42.7 Å². The van der Waals surface area contributed by atoms with Crippen molar-refractivity contribution in [1.29, 1.82) is 0 Å². The number of aliphatic carboxylic acids is 1. The van der Waals surface area contributed by atoms with Gasteiger partial charge in [-0.25, -0.2) is 4.79 Å². The van der Waals surface area contributed by atoms with Crippen LogP contribution in [0.3, 0.4) is 0 Å². The number of carbonyl (C=O) groups excluding carboxylic acids is 2. The van der Waals surface area contributed by atoms with Gasteiger partial charge in [-0.05, 0) is 46.9 Å². The zero-order chi connectivity index (χ0) is 23.7. The third kappa shape index (κ3) is 4.93. The molecule has 0 bridgehead atoms. The summed E-state index contributed by atoms with van der Waals surface area (Å²) in [5.41, 5.74) is 4.66. The third-order valence-corrected chi connectivity index (χ3v) is 7.30. The SMILES string of the molecule is O=C(NCC(CC1CC1)C(=O)NC[C@H]1C[C@H]1C(=O)O)OCC1c2ccccc2-c2ccccc21. The summed E-state index contributed by atoms with van der Waals surface area (Å²) >= 11 is 0. The van der Waals surface area contributed by atoms with Crippen LogP contribution < -0.4 is 10.6 Å². The molecular formula is C27H30N2O5. The standard InChI is InChI=1S/C27H30N2O5/c30-25(28-13-17-12-23(17)26(31)32)18(11-16-9-10-16)14-29-27(33)34-15-24-21-7-3-1-5-19(21)20-6-2-4-8-22(20)24/h1-8,16-18,23-24H,9-15H2,(H,28,30)(H,29,33)(H,31,32)/t17-,18?,23-/m1/s1. The van der Waals surface area contributed by atoms with Gasteiger partial charge in [0, 0.05) is 19.0 Å². The number of fused-ring (bicyclic) bond motifs is 3. The van der Waals surface area contributed by atoms with E-state index in [4.69, 9.17) is 9.84 Å². The number of ether oxygens (including phenoxy) is 1. The number of carbonyl (C=O) groups is 3. The molecule has 34 heavy (non-hydrogen) atoms. The Hall–Kier alpha value is -3.35. The molecule has 2 fully saturated rings. The highest BCUT2D eigenvalue weighted by atomic mass is 16.5. The van der Waals surface area contributed by atoms with E-state index in [0.29, 0.717) is 18.9 Å². The second-order valence-corrected chi connectivity index (χ2v) is 9.77. The van der Waals surface area contributed by atoms with Crippen LogP contribution in [-0.4, -0.2) is 42.8 Å². The highest BCUT2D eigenvalue weighted by Crippen LogP contribution is 2.44. The minimum Gasteiger partial charge on any atom is -0.481 e. The Kier molecular flexibility index (Phi) is 6.26. The molecule has 2 saturated carbocycles. The normalized spacial score (nSPS) is 21.2. The molecule has 0 spiro atoms. The molecule has 3 aliphatic rings. The Morgan fingerprint density at radius 2 is 1.62 bits per heavy atom. The van der Waals surface area contributed by atoms with E-state index < -0.39 is 12.1 Å². The molecule has 7 nitrogen and oxygen atoms in total. The summed E-state index contributed by atoms with van der Waals surface area (Å²) in [6.07, 6.45) is 3.03. The van der Waals surface area contributed by atoms with Gasteiger partial charge in [-0.15, -0.1) is 0 Å². The fourth-order valence-electron chi connectivity index (χ4n) is 5.05. The van der Waals surface area contributed by atoms with Gasteiger partial charge in [0.25, 0.3) is 0 Å². The fourth-order valence-corrected chi connectivity index (χ4v) is 5.05. The molecule has 0 radical (unpaired) electrons. The van der Waals surface area contributed by atoms with Crippen molar-refractivity contribution in [2.45, 2.75) is 31.6 Å². The minimum atomic E-state index is -0.800. The molecule has 3 atom stereocenters. The van der Waals surface area contributed by atoms with Crippen LogP contribution in [0.15, 0.2) is 48.5 Å². The van der Waals surface area contributed by atoms with E-state index in [0.717, 1.165) is 30.4 Å². The van der Waals surface area contributed by atoms with Crippen LogP contribution in [0.2, 0.25) is 0 Å². The smallest absolute Gasteiger partial charge is 0.407 e. The minimum absolute atomic E-state index is 0.00978. The second-order valence-electron chi connectivity index (χ2n) is 9.77. The number of benzene rings is 2. The van der Waals surface area contributed by atoms with E-state index >= 15 is 0 Å². The number of hydrogen-bond acceptors (Lipinski definition) is 4. The first-order valence-corrected chi connectivity index (χ1v) is 12.1. The first-order valence-electron chi connectivity index (χ1n) is 12.1. The molecule has 3 N–H and O–H groups in total. The summed E-state index contributed by atoms with van der Waals surface area (Å²) in [4.78, 5) is 36.2. The lowest BCUT2D eigenvalue weighted by molar-refractivity contribution is -0.139. The highest BCUT2D eigenvalue weighted by molar-refractivity contribution is 5.81. The Morgan fingerprint density at radius 3 is 2.21 bits per heavy atom. The van der Waals surface area contributed by atoms with Crippen LogP contribution in [0, 0.1) is 23.7 Å². The molecule has 5 rings (SSSR count). The number of carboxylic acids is 1. The molecule has 0 aliphatic heterocycles. The van der Waals surface area contributed by atoms with Gasteiger partial charge in [0.2, 0.25) is 5.91 Å². The molecule has 2 aromatic carbocycles. The summed E-state index contributed by atoms with van der Waals surface area (Å²) in [6.45, 7) is 0.825. The second kappa shape index (κ2) is 9.49. The third-order valence-electron chi connectivity index (χ3n) is 7.30. The van der Waals surface area contributed by atoms with E-state index in [1.165, 1.54) is 11.1 Å². The van der Waals surface area contributed by atoms with E-state index in [1.807, 2.05) is 24.3 Å². The maximum atomic E-state index is 12.7. The summed E-state index contributed by atoms with van der Waals surface area (Å²) in [5, 5.41) is 14.7. The van der Waals surface area contributed by atoms with Gasteiger partial charge in [0.1, 0.15) is 6.61 Å². The quantitative estimate of drug-likeness (QED) is 0.498. The highest BCUT2D eigenvalue weighted by Gasteiger charge is 2.43. The van der Waals surface area contributed by atoms with Gasteiger partial charge in [0.15, 0.2) is 0 Å². The molecule has 178 valence electrons. The molecular weight excluding hydrogens is 432 g/mol. The molecule has 0 heterocycles. The van der Waals surface area contributed by atoms with Crippen molar-refractivity contribution < 1.29 is 24.2 Å². The van der Waals surface area contributed by atoms with Crippen LogP contribution in [-0.2, 0) is 14.3 Å². The zero-order valence-corrected chi connectivity index (χ0v) is 19.0. The molecule has 3 aliphatic carbocycles. The van der Waals surface area contributed by atoms with E-state index in [-0.39, 0.29) is 42.7 Å². The lowest BCUT2D eigenvalue weighted by atomic mass is 9.98. The van der Waals surface area contributed by atoms with Crippen molar-refractivity contribution in [2.24, 2.45) is 23.7 Å². The van der Waals surface area contributed by atoms with Crippen molar-refractivity contribution in [2.75, 3.05) is 19.7 Å². The summed E-state index contributed by atoms with van der Waals surface area (Å²) in [7, 11) is 0. The lowest BCUT2D eigenvalue weighted by Crippen LogP contribution is -2.40. The van der Waals surface area contributed by atoms with Crippen molar-refractivity contribution in [3.05, 3.63) is 59.7 Å². The first kappa shape index (κ1) is 22.4. The van der Waals surface area contributed by atoms with E-state index in [2.05, 4.69) is 34.9 Å². The van der Waals surface area contributed by atoms with Crippen molar-refractivity contribution in [1.82, 2.24) is 10.6 Å². The predicted molar refractivity (Wildman–Crippen MR) is 126 cm³/mol. The molecule has 0 aromatic heterocycles.